The molecule has 0 spiro atoms. The molecule has 1 saturated carbocycles. The van der Waals surface area contributed by atoms with E-state index in [2.05, 4.69) is 16.1 Å². The van der Waals surface area contributed by atoms with E-state index in [1.165, 1.54) is 43.4 Å². The summed E-state index contributed by atoms with van der Waals surface area (Å²) in [6, 6.07) is 13.7. The Hall–Kier alpha value is -3.01. The van der Waals surface area contributed by atoms with Crippen molar-refractivity contribution in [2.24, 2.45) is 11.3 Å². The largest absolute Gasteiger partial charge is 0.380 e. The van der Waals surface area contributed by atoms with Crippen molar-refractivity contribution in [2.45, 2.75) is 43.4 Å². The molecule has 7 rings (SSSR count). The molecule has 3 aromatic rings. The Labute approximate surface area is 235 Å². The van der Waals surface area contributed by atoms with Gasteiger partial charge in [0, 0.05) is 43.9 Å². The summed E-state index contributed by atoms with van der Waals surface area (Å²) < 4.78 is 51.1. The molecule has 3 heterocycles. The number of piperidine rings is 1. The zero-order chi connectivity index (χ0) is 27.3. The summed E-state index contributed by atoms with van der Waals surface area (Å²) in [4.78, 5) is 2.66. The van der Waals surface area contributed by atoms with E-state index in [9.17, 15) is 12.8 Å². The van der Waals surface area contributed by atoms with Crippen molar-refractivity contribution < 1.29 is 17.5 Å². The van der Waals surface area contributed by atoms with Crippen molar-refractivity contribution in [1.82, 2.24) is 14.1 Å². The Morgan fingerprint density at radius 1 is 0.975 bits per heavy atom. The molecular formula is C31H35FN4O3S. The van der Waals surface area contributed by atoms with E-state index in [1.807, 2.05) is 23.0 Å². The Bertz CT molecular complexity index is 1520. The van der Waals surface area contributed by atoms with E-state index in [4.69, 9.17) is 4.74 Å². The van der Waals surface area contributed by atoms with Gasteiger partial charge in [-0.25, -0.2) is 17.5 Å². The number of ether oxygens (including phenoxy) is 1. The lowest BCUT2D eigenvalue weighted by Gasteiger charge is -2.46. The summed E-state index contributed by atoms with van der Waals surface area (Å²) in [6.07, 6.45) is 10.1. The Kier molecular flexibility index (Phi) is 6.56. The molecule has 0 bridgehead atoms. The highest BCUT2D eigenvalue weighted by molar-refractivity contribution is 7.89. The maximum atomic E-state index is 13.9. The van der Waals surface area contributed by atoms with Gasteiger partial charge in [-0.3, -0.25) is 0 Å². The van der Waals surface area contributed by atoms with Crippen LogP contribution in [0.15, 0.2) is 65.2 Å². The quantitative estimate of drug-likeness (QED) is 0.384. The number of hydrogen-bond acceptors (Lipinski definition) is 5. The minimum Gasteiger partial charge on any atom is -0.380 e. The van der Waals surface area contributed by atoms with Gasteiger partial charge >= 0.3 is 0 Å². The zero-order valence-electron chi connectivity index (χ0n) is 22.6. The summed E-state index contributed by atoms with van der Waals surface area (Å²) in [5.74, 6) is 0.343. The average molecular weight is 563 g/mol. The molecule has 40 heavy (non-hydrogen) atoms. The number of fused-ring (bicyclic) bond motifs is 2. The molecule has 4 aliphatic rings. The third-order valence-corrected chi connectivity index (χ3v) is 10.8. The van der Waals surface area contributed by atoms with Crippen LogP contribution in [0.3, 0.4) is 0 Å². The van der Waals surface area contributed by atoms with Crippen molar-refractivity contribution in [3.05, 3.63) is 77.4 Å². The fourth-order valence-corrected chi connectivity index (χ4v) is 8.00. The van der Waals surface area contributed by atoms with E-state index < -0.39 is 15.4 Å². The van der Waals surface area contributed by atoms with Gasteiger partial charge in [0.25, 0.3) is 0 Å². The summed E-state index contributed by atoms with van der Waals surface area (Å²) in [7, 11) is -3.66. The molecule has 1 atom stereocenters. The molecule has 9 heteroatoms. The lowest BCUT2D eigenvalue weighted by molar-refractivity contribution is 0.0358. The minimum atomic E-state index is -3.66. The number of rotatable bonds is 8. The Balaban J connectivity index is 1.18. The number of anilines is 1. The lowest BCUT2D eigenvalue weighted by Crippen LogP contribution is -2.51. The first-order valence-electron chi connectivity index (χ1n) is 14.4. The molecule has 0 N–H and O–H groups in total. The van der Waals surface area contributed by atoms with Crippen molar-refractivity contribution in [2.75, 3.05) is 44.3 Å². The normalized spacial score (nSPS) is 23.1. The second-order valence-electron chi connectivity index (χ2n) is 11.8. The topological polar surface area (TPSA) is 67.7 Å². The number of aromatic nitrogens is 2. The fraction of sp³-hybridized carbons (Fsp3) is 0.452. The van der Waals surface area contributed by atoms with E-state index in [0.717, 1.165) is 42.3 Å². The van der Waals surface area contributed by atoms with Crippen LogP contribution in [0.25, 0.3) is 11.8 Å². The summed E-state index contributed by atoms with van der Waals surface area (Å²) in [5.41, 5.74) is 4.68. The van der Waals surface area contributed by atoms with E-state index >= 15 is 0 Å². The molecule has 2 aromatic carbocycles. The van der Waals surface area contributed by atoms with Crippen LogP contribution in [0.2, 0.25) is 0 Å². The molecule has 2 aliphatic heterocycles. The highest BCUT2D eigenvalue weighted by Crippen LogP contribution is 2.46. The molecule has 0 amide bonds. The molecule has 7 nitrogen and oxygen atoms in total. The Morgan fingerprint density at radius 3 is 2.42 bits per heavy atom. The van der Waals surface area contributed by atoms with Crippen molar-refractivity contribution in [3.63, 3.8) is 0 Å². The van der Waals surface area contributed by atoms with Gasteiger partial charge in [-0.05, 0) is 105 Å². The average Bonchev–Trinajstić information content (AvgIpc) is 3.45. The van der Waals surface area contributed by atoms with Crippen LogP contribution in [0, 0.1) is 17.2 Å². The first kappa shape index (κ1) is 25.9. The van der Waals surface area contributed by atoms with Gasteiger partial charge in [-0.1, -0.05) is 5.57 Å². The third kappa shape index (κ3) is 4.78. The monoisotopic (exact) mass is 562 g/mol. The molecule has 3 fully saturated rings. The van der Waals surface area contributed by atoms with Gasteiger partial charge in [-0.15, -0.1) is 0 Å². The van der Waals surface area contributed by atoms with Gasteiger partial charge in [-0.2, -0.15) is 9.40 Å². The minimum absolute atomic E-state index is 0.283. The molecule has 2 saturated heterocycles. The summed E-state index contributed by atoms with van der Waals surface area (Å²) in [5, 5.41) is 4.63. The molecular weight excluding hydrogens is 527 g/mol. The van der Waals surface area contributed by atoms with Crippen LogP contribution in [0.4, 0.5) is 10.1 Å². The van der Waals surface area contributed by atoms with Crippen LogP contribution in [-0.2, 0) is 21.2 Å². The first-order chi connectivity index (χ1) is 19.4. The molecule has 0 radical (unpaired) electrons. The van der Waals surface area contributed by atoms with Crippen LogP contribution in [0.5, 0.6) is 0 Å². The first-order valence-corrected chi connectivity index (χ1v) is 15.8. The molecule has 210 valence electrons. The predicted molar refractivity (Wildman–Crippen MR) is 152 cm³/mol. The molecule has 2 aliphatic carbocycles. The van der Waals surface area contributed by atoms with Gasteiger partial charge in [0.05, 0.1) is 29.1 Å². The SMILES string of the molecule is O=S(=O)(c1ccc(N2CCCC2)cc1)N1CCC2=Cc3c(cnn3-c3ccc(F)cc3)CC2(COCC2CC2)C1. The number of sulfonamides is 1. The van der Waals surface area contributed by atoms with Gasteiger partial charge in [0.2, 0.25) is 10.0 Å². The van der Waals surface area contributed by atoms with Gasteiger partial charge in [0.15, 0.2) is 0 Å². The number of benzene rings is 2. The maximum absolute atomic E-state index is 13.9. The van der Waals surface area contributed by atoms with Crippen molar-refractivity contribution in [3.8, 4) is 5.69 Å². The second kappa shape index (κ2) is 10.1. The van der Waals surface area contributed by atoms with Crippen LogP contribution >= 0.6 is 0 Å². The Morgan fingerprint density at radius 2 is 1.70 bits per heavy atom. The number of hydrogen-bond donors (Lipinski definition) is 0. The zero-order valence-corrected chi connectivity index (χ0v) is 23.5. The highest BCUT2D eigenvalue weighted by atomic mass is 32.2. The smallest absolute Gasteiger partial charge is 0.243 e. The van der Waals surface area contributed by atoms with E-state index in [0.29, 0.717) is 43.4 Å². The summed E-state index contributed by atoms with van der Waals surface area (Å²) >= 11 is 0. The van der Waals surface area contributed by atoms with E-state index in [1.54, 1.807) is 28.6 Å². The van der Waals surface area contributed by atoms with Crippen LogP contribution in [-0.4, -0.2) is 61.9 Å². The fourth-order valence-electron chi connectivity index (χ4n) is 6.48. The van der Waals surface area contributed by atoms with Crippen molar-refractivity contribution >= 4 is 21.8 Å². The predicted octanol–water partition coefficient (Wildman–Crippen LogP) is 5.06. The van der Waals surface area contributed by atoms with Crippen LogP contribution < -0.4 is 4.90 Å². The van der Waals surface area contributed by atoms with Crippen molar-refractivity contribution in [1.29, 1.82) is 0 Å². The lowest BCUT2D eigenvalue weighted by atomic mass is 9.69. The molecule has 1 unspecified atom stereocenters. The maximum Gasteiger partial charge on any atom is 0.243 e. The molecule has 1 aromatic heterocycles. The second-order valence-corrected chi connectivity index (χ2v) is 13.7. The third-order valence-electron chi connectivity index (χ3n) is 8.96. The van der Waals surface area contributed by atoms with E-state index in [-0.39, 0.29) is 5.82 Å². The van der Waals surface area contributed by atoms with Crippen LogP contribution in [0.1, 0.15) is 43.4 Å². The number of nitrogens with zero attached hydrogens (tertiary/aromatic N) is 4. The van der Waals surface area contributed by atoms with Gasteiger partial charge < -0.3 is 9.64 Å². The standard InChI is InChI=1S/C31H35FN4O3S/c32-26-5-7-28(8-6-26)36-30-17-25-13-16-35(21-31(25,18-24(30)19-33-36)22-39-20-23-3-4-23)40(37,38)29-11-9-27(10-12-29)34-14-1-2-15-34/h5-12,17,19,23H,1-4,13-16,18,20-22H2. The highest BCUT2D eigenvalue weighted by Gasteiger charge is 2.46. The summed E-state index contributed by atoms with van der Waals surface area (Å²) in [6.45, 7) is 4.05. The van der Waals surface area contributed by atoms with Gasteiger partial charge in [0.1, 0.15) is 5.82 Å². The number of halogens is 1.